The van der Waals surface area contributed by atoms with Crippen LogP contribution >= 0.6 is 11.8 Å². The van der Waals surface area contributed by atoms with Gasteiger partial charge in [0.05, 0.1) is 0 Å². The van der Waals surface area contributed by atoms with Crippen molar-refractivity contribution in [3.05, 3.63) is 6.07 Å². The zero-order chi connectivity index (χ0) is 13.4. The first-order valence-electron chi connectivity index (χ1n) is 5.97. The van der Waals surface area contributed by atoms with Crippen LogP contribution in [0.2, 0.25) is 0 Å². The van der Waals surface area contributed by atoms with E-state index in [2.05, 4.69) is 27.6 Å². The fourth-order valence-corrected chi connectivity index (χ4v) is 1.94. The molecule has 0 aliphatic heterocycles. The standard InChI is InChI=1S/C11H21N5OS/c1-3-8(4-5-17)7-13-9-6-10(16-12)15-11(14-9)18-2/h6,8,17H,3-5,7,12H2,1-2H3,(H2,13,14,15,16). The van der Waals surface area contributed by atoms with Crippen molar-refractivity contribution in [3.8, 4) is 0 Å². The zero-order valence-electron chi connectivity index (χ0n) is 10.8. The summed E-state index contributed by atoms with van der Waals surface area (Å²) in [5, 5.41) is 12.9. The third-order valence-electron chi connectivity index (χ3n) is 2.72. The molecular weight excluding hydrogens is 250 g/mol. The van der Waals surface area contributed by atoms with Crippen molar-refractivity contribution in [3.63, 3.8) is 0 Å². The maximum atomic E-state index is 8.95. The predicted molar refractivity (Wildman–Crippen MR) is 75.6 cm³/mol. The van der Waals surface area contributed by atoms with E-state index >= 15 is 0 Å². The van der Waals surface area contributed by atoms with Gasteiger partial charge in [0.25, 0.3) is 0 Å². The molecule has 0 aliphatic rings. The van der Waals surface area contributed by atoms with Crippen LogP contribution in [0, 0.1) is 5.92 Å². The van der Waals surface area contributed by atoms with Crippen molar-refractivity contribution in [1.29, 1.82) is 0 Å². The first kappa shape index (κ1) is 15.0. The van der Waals surface area contributed by atoms with Crippen LogP contribution < -0.4 is 16.6 Å². The molecule has 1 aromatic heterocycles. The lowest BCUT2D eigenvalue weighted by Crippen LogP contribution is -2.17. The molecule has 1 heterocycles. The van der Waals surface area contributed by atoms with Gasteiger partial charge in [-0.3, -0.25) is 0 Å². The van der Waals surface area contributed by atoms with Gasteiger partial charge >= 0.3 is 0 Å². The molecule has 0 spiro atoms. The first-order valence-corrected chi connectivity index (χ1v) is 7.20. The van der Waals surface area contributed by atoms with Crippen LogP contribution in [0.15, 0.2) is 11.2 Å². The lowest BCUT2D eigenvalue weighted by atomic mass is 10.0. The van der Waals surface area contributed by atoms with Crippen LogP contribution in [0.25, 0.3) is 0 Å². The number of aliphatic hydroxyl groups excluding tert-OH is 1. The van der Waals surface area contributed by atoms with Crippen LogP contribution in [0.4, 0.5) is 11.6 Å². The van der Waals surface area contributed by atoms with Crippen molar-refractivity contribution in [1.82, 2.24) is 9.97 Å². The maximum absolute atomic E-state index is 8.95. The fourth-order valence-electron chi connectivity index (χ4n) is 1.56. The van der Waals surface area contributed by atoms with Crippen molar-refractivity contribution in [2.24, 2.45) is 11.8 Å². The SMILES string of the molecule is CCC(CCO)CNc1cc(NN)nc(SC)n1. The molecule has 0 saturated heterocycles. The van der Waals surface area contributed by atoms with Crippen molar-refractivity contribution in [2.45, 2.75) is 24.9 Å². The number of aromatic nitrogens is 2. The van der Waals surface area contributed by atoms with Gasteiger partial charge in [0.2, 0.25) is 0 Å². The molecule has 1 rings (SSSR count). The molecule has 1 unspecified atom stereocenters. The molecule has 6 nitrogen and oxygen atoms in total. The summed E-state index contributed by atoms with van der Waals surface area (Å²) >= 11 is 1.46. The highest BCUT2D eigenvalue weighted by atomic mass is 32.2. The lowest BCUT2D eigenvalue weighted by Gasteiger charge is -2.15. The third-order valence-corrected chi connectivity index (χ3v) is 3.27. The van der Waals surface area contributed by atoms with E-state index in [9.17, 15) is 0 Å². The van der Waals surface area contributed by atoms with Crippen LogP contribution in [0.1, 0.15) is 19.8 Å². The van der Waals surface area contributed by atoms with E-state index < -0.39 is 0 Å². The Hall–Kier alpha value is -1.05. The number of thioether (sulfide) groups is 1. The summed E-state index contributed by atoms with van der Waals surface area (Å²) in [4.78, 5) is 8.54. The number of nitrogens with two attached hydrogens (primary N) is 1. The molecule has 0 fully saturated rings. The maximum Gasteiger partial charge on any atom is 0.191 e. The van der Waals surface area contributed by atoms with Gasteiger partial charge in [0, 0.05) is 19.2 Å². The average Bonchev–Trinajstić information content (AvgIpc) is 2.42. The van der Waals surface area contributed by atoms with E-state index in [0.717, 1.165) is 25.2 Å². The molecule has 0 saturated carbocycles. The number of nitrogens with one attached hydrogen (secondary N) is 2. The molecule has 0 aromatic carbocycles. The summed E-state index contributed by atoms with van der Waals surface area (Å²) in [5.74, 6) is 7.14. The monoisotopic (exact) mass is 271 g/mol. The summed E-state index contributed by atoms with van der Waals surface area (Å²) in [6.45, 7) is 3.11. The number of nitrogens with zero attached hydrogens (tertiary/aromatic N) is 2. The second kappa shape index (κ2) is 8.12. The fraction of sp³-hybridized carbons (Fsp3) is 0.636. The first-order chi connectivity index (χ1) is 8.73. The zero-order valence-corrected chi connectivity index (χ0v) is 11.6. The highest BCUT2D eigenvalue weighted by Gasteiger charge is 2.07. The number of aliphatic hydroxyl groups is 1. The highest BCUT2D eigenvalue weighted by molar-refractivity contribution is 7.98. The normalized spacial score (nSPS) is 12.2. The number of nitrogen functional groups attached to an aromatic ring is 1. The molecule has 18 heavy (non-hydrogen) atoms. The Balaban J connectivity index is 2.65. The summed E-state index contributed by atoms with van der Waals surface area (Å²) in [6, 6.07) is 1.77. The predicted octanol–water partition coefficient (Wildman–Crippen LogP) is 1.30. The quantitative estimate of drug-likeness (QED) is 0.245. The summed E-state index contributed by atoms with van der Waals surface area (Å²) in [6.07, 6.45) is 3.74. The van der Waals surface area contributed by atoms with Crippen molar-refractivity contribution >= 4 is 23.4 Å². The Morgan fingerprint density at radius 2 is 2.17 bits per heavy atom. The van der Waals surface area contributed by atoms with Crippen molar-refractivity contribution in [2.75, 3.05) is 30.1 Å². The minimum atomic E-state index is 0.218. The number of hydrogen-bond acceptors (Lipinski definition) is 7. The molecule has 102 valence electrons. The summed E-state index contributed by atoms with van der Waals surface area (Å²) < 4.78 is 0. The number of anilines is 2. The summed E-state index contributed by atoms with van der Waals surface area (Å²) in [5.41, 5.74) is 2.52. The van der Waals surface area contributed by atoms with Gasteiger partial charge in [-0.25, -0.2) is 15.8 Å². The van der Waals surface area contributed by atoms with Gasteiger partial charge in [-0.1, -0.05) is 25.1 Å². The topological polar surface area (TPSA) is 96.1 Å². The van der Waals surface area contributed by atoms with Gasteiger partial charge in [-0.15, -0.1) is 0 Å². The molecular formula is C11H21N5OS. The second-order valence-electron chi connectivity index (χ2n) is 3.94. The Kier molecular flexibility index (Phi) is 6.77. The second-order valence-corrected chi connectivity index (χ2v) is 4.71. The Bertz CT molecular complexity index is 341. The molecule has 7 heteroatoms. The molecule has 0 bridgehead atoms. The number of hydrogen-bond donors (Lipinski definition) is 4. The third kappa shape index (κ3) is 4.67. The smallest absolute Gasteiger partial charge is 0.191 e. The molecule has 5 N–H and O–H groups in total. The Labute approximate surface area is 112 Å². The number of rotatable bonds is 8. The van der Waals surface area contributed by atoms with Gasteiger partial charge in [-0.2, -0.15) is 0 Å². The van der Waals surface area contributed by atoms with Crippen LogP contribution in [-0.4, -0.2) is 34.5 Å². The van der Waals surface area contributed by atoms with Gasteiger partial charge in [-0.05, 0) is 18.6 Å². The van der Waals surface area contributed by atoms with Gasteiger partial charge in [0.1, 0.15) is 11.6 Å². The highest BCUT2D eigenvalue weighted by Crippen LogP contribution is 2.17. The summed E-state index contributed by atoms with van der Waals surface area (Å²) in [7, 11) is 0. The minimum absolute atomic E-state index is 0.218. The molecule has 1 atom stereocenters. The lowest BCUT2D eigenvalue weighted by molar-refractivity contribution is 0.258. The minimum Gasteiger partial charge on any atom is -0.396 e. The Morgan fingerprint density at radius 3 is 2.72 bits per heavy atom. The number of hydrazine groups is 1. The van der Waals surface area contributed by atoms with Gasteiger partial charge < -0.3 is 15.8 Å². The van der Waals surface area contributed by atoms with E-state index in [4.69, 9.17) is 10.9 Å². The van der Waals surface area contributed by atoms with E-state index in [1.165, 1.54) is 11.8 Å². The average molecular weight is 271 g/mol. The van der Waals surface area contributed by atoms with Gasteiger partial charge in [0.15, 0.2) is 5.16 Å². The van der Waals surface area contributed by atoms with E-state index in [0.29, 0.717) is 16.9 Å². The van der Waals surface area contributed by atoms with E-state index in [1.54, 1.807) is 6.07 Å². The molecule has 0 amide bonds. The molecule has 0 aliphatic carbocycles. The van der Waals surface area contributed by atoms with Crippen LogP contribution in [-0.2, 0) is 0 Å². The Morgan fingerprint density at radius 1 is 1.44 bits per heavy atom. The van der Waals surface area contributed by atoms with E-state index in [1.807, 2.05) is 6.26 Å². The van der Waals surface area contributed by atoms with Crippen LogP contribution in [0.5, 0.6) is 0 Å². The van der Waals surface area contributed by atoms with Crippen LogP contribution in [0.3, 0.4) is 0 Å². The molecule has 0 radical (unpaired) electrons. The largest absolute Gasteiger partial charge is 0.396 e. The van der Waals surface area contributed by atoms with Crippen molar-refractivity contribution < 1.29 is 5.11 Å². The van der Waals surface area contributed by atoms with E-state index in [-0.39, 0.29) is 6.61 Å². The molecule has 1 aromatic rings.